The number of hydrazine groups is 1. The number of carbonyl (C=O) groups excluding carboxylic acids is 2. The smallest absolute Gasteiger partial charge is 0.267 e. The van der Waals surface area contributed by atoms with Crippen LogP contribution in [0.1, 0.15) is 41.5 Å². The van der Waals surface area contributed by atoms with E-state index in [0.29, 0.717) is 16.6 Å². The monoisotopic (exact) mass is 347 g/mol. The molecule has 0 unspecified atom stereocenters. The highest BCUT2D eigenvalue weighted by molar-refractivity contribution is 6.06. The van der Waals surface area contributed by atoms with Gasteiger partial charge in [-0.05, 0) is 45.0 Å². The lowest BCUT2D eigenvalue weighted by Crippen LogP contribution is -2.55. The van der Waals surface area contributed by atoms with Gasteiger partial charge in [-0.2, -0.15) is 0 Å². The molecule has 1 N–H and O–H groups in total. The van der Waals surface area contributed by atoms with Crippen molar-refractivity contribution >= 4 is 22.7 Å². The first-order valence-corrected chi connectivity index (χ1v) is 8.42. The topological polar surface area (TPSA) is 62.3 Å². The van der Waals surface area contributed by atoms with E-state index < -0.39 is 5.54 Å². The van der Waals surface area contributed by atoms with Crippen molar-refractivity contribution in [3.05, 3.63) is 78.0 Å². The van der Waals surface area contributed by atoms with Crippen LogP contribution in [0.15, 0.2) is 66.9 Å². The molecule has 2 aromatic carbocycles. The Balaban J connectivity index is 1.98. The predicted octanol–water partition coefficient (Wildman–Crippen LogP) is 3.82. The number of aromatic nitrogens is 1. The molecule has 2 amide bonds. The zero-order valence-electron chi connectivity index (χ0n) is 15.1. The molecule has 132 valence electrons. The second-order valence-electron chi connectivity index (χ2n) is 7.00. The number of nitrogens with one attached hydrogen (secondary N) is 1. The molecule has 0 saturated carbocycles. The van der Waals surface area contributed by atoms with Gasteiger partial charge in [0.05, 0.1) is 16.6 Å². The van der Waals surface area contributed by atoms with Crippen LogP contribution in [0.5, 0.6) is 0 Å². The van der Waals surface area contributed by atoms with Crippen molar-refractivity contribution in [1.82, 2.24) is 15.4 Å². The second kappa shape index (κ2) is 6.96. The van der Waals surface area contributed by atoms with Crippen molar-refractivity contribution in [1.29, 1.82) is 0 Å². The molecule has 3 rings (SSSR count). The first kappa shape index (κ1) is 17.6. The third-order valence-corrected chi connectivity index (χ3v) is 3.99. The van der Waals surface area contributed by atoms with Gasteiger partial charge in [-0.3, -0.25) is 20.0 Å². The van der Waals surface area contributed by atoms with E-state index in [1.165, 1.54) is 5.01 Å². The summed E-state index contributed by atoms with van der Waals surface area (Å²) in [6.45, 7) is 5.61. The predicted molar refractivity (Wildman–Crippen MR) is 102 cm³/mol. The molecular weight excluding hydrogens is 326 g/mol. The van der Waals surface area contributed by atoms with Crippen LogP contribution in [0.4, 0.5) is 0 Å². The van der Waals surface area contributed by atoms with Crippen LogP contribution in [0.2, 0.25) is 0 Å². The van der Waals surface area contributed by atoms with Crippen molar-refractivity contribution in [2.75, 3.05) is 0 Å². The van der Waals surface area contributed by atoms with Gasteiger partial charge in [0.2, 0.25) is 0 Å². The maximum Gasteiger partial charge on any atom is 0.274 e. The number of hydrogen-bond acceptors (Lipinski definition) is 3. The molecular formula is C21H21N3O2. The number of carbonyl (C=O) groups is 2. The number of amides is 2. The van der Waals surface area contributed by atoms with E-state index in [-0.39, 0.29) is 11.8 Å². The number of pyridine rings is 1. The summed E-state index contributed by atoms with van der Waals surface area (Å²) < 4.78 is 0. The lowest BCUT2D eigenvalue weighted by Gasteiger charge is -2.35. The van der Waals surface area contributed by atoms with Crippen LogP contribution in [-0.4, -0.2) is 27.3 Å². The lowest BCUT2D eigenvalue weighted by molar-refractivity contribution is 0.0360. The Bertz CT molecular complexity index is 941. The number of rotatable bonds is 2. The van der Waals surface area contributed by atoms with Crippen LogP contribution in [-0.2, 0) is 0 Å². The Morgan fingerprint density at radius 3 is 2.31 bits per heavy atom. The van der Waals surface area contributed by atoms with Crippen LogP contribution >= 0.6 is 0 Å². The first-order chi connectivity index (χ1) is 12.4. The molecule has 0 aliphatic carbocycles. The molecule has 5 nitrogen and oxygen atoms in total. The normalized spacial score (nSPS) is 11.2. The number of nitrogens with zero attached hydrogens (tertiary/aromatic N) is 2. The summed E-state index contributed by atoms with van der Waals surface area (Å²) in [5, 5.41) is 2.24. The van der Waals surface area contributed by atoms with Crippen LogP contribution in [0.25, 0.3) is 10.9 Å². The fraction of sp³-hybridized carbons (Fsp3) is 0.190. The lowest BCUT2D eigenvalue weighted by atomic mass is 10.0. The molecule has 0 fully saturated rings. The molecule has 26 heavy (non-hydrogen) atoms. The molecule has 0 radical (unpaired) electrons. The molecule has 0 aliphatic rings. The van der Waals surface area contributed by atoms with E-state index >= 15 is 0 Å². The largest absolute Gasteiger partial charge is 0.274 e. The highest BCUT2D eigenvalue weighted by atomic mass is 16.2. The van der Waals surface area contributed by atoms with Crippen molar-refractivity contribution < 1.29 is 9.59 Å². The maximum atomic E-state index is 13.2. The minimum atomic E-state index is -0.613. The molecule has 0 saturated heterocycles. The Kier molecular flexibility index (Phi) is 4.71. The molecule has 0 atom stereocenters. The standard InChI is InChI=1S/C21H21N3O2/c1-21(2,3)24(23-19(25)16-9-5-4-6-10-16)20(26)17-13-7-11-15-12-8-14-22-18(15)17/h4-14H,1-3H3,(H,23,25). The van der Waals surface area contributed by atoms with Gasteiger partial charge < -0.3 is 0 Å². The Hall–Kier alpha value is -3.21. The Morgan fingerprint density at radius 2 is 1.62 bits per heavy atom. The molecule has 0 aliphatic heterocycles. The van der Waals surface area contributed by atoms with Crippen molar-refractivity contribution in [3.8, 4) is 0 Å². The van der Waals surface area contributed by atoms with E-state index in [1.54, 1.807) is 36.5 Å². The summed E-state index contributed by atoms with van der Waals surface area (Å²) in [5.74, 6) is -0.631. The molecule has 1 heterocycles. The van der Waals surface area contributed by atoms with E-state index in [9.17, 15) is 9.59 Å². The summed E-state index contributed by atoms with van der Waals surface area (Å²) in [4.78, 5) is 30.2. The average Bonchev–Trinajstić information content (AvgIpc) is 2.64. The fourth-order valence-electron chi connectivity index (χ4n) is 2.68. The minimum absolute atomic E-state index is 0.300. The van der Waals surface area contributed by atoms with E-state index in [4.69, 9.17) is 0 Å². The minimum Gasteiger partial charge on any atom is -0.267 e. The third kappa shape index (κ3) is 3.57. The van der Waals surface area contributed by atoms with Gasteiger partial charge in [0, 0.05) is 17.1 Å². The second-order valence-corrected chi connectivity index (χ2v) is 7.00. The first-order valence-electron chi connectivity index (χ1n) is 8.42. The van der Waals surface area contributed by atoms with E-state index in [2.05, 4.69) is 10.4 Å². The molecule has 5 heteroatoms. The van der Waals surface area contributed by atoms with Gasteiger partial charge in [0.15, 0.2) is 0 Å². The van der Waals surface area contributed by atoms with Gasteiger partial charge in [0.1, 0.15) is 0 Å². The average molecular weight is 347 g/mol. The number of fused-ring (bicyclic) bond motifs is 1. The van der Waals surface area contributed by atoms with Crippen molar-refractivity contribution in [2.45, 2.75) is 26.3 Å². The van der Waals surface area contributed by atoms with Crippen LogP contribution in [0.3, 0.4) is 0 Å². The van der Waals surface area contributed by atoms with Gasteiger partial charge >= 0.3 is 0 Å². The highest BCUT2D eigenvalue weighted by Crippen LogP contribution is 2.21. The Morgan fingerprint density at radius 1 is 0.923 bits per heavy atom. The quantitative estimate of drug-likeness (QED) is 0.717. The summed E-state index contributed by atoms with van der Waals surface area (Å²) >= 11 is 0. The van der Waals surface area contributed by atoms with Crippen LogP contribution < -0.4 is 5.43 Å². The zero-order chi connectivity index (χ0) is 18.7. The summed E-state index contributed by atoms with van der Waals surface area (Å²) in [6.07, 6.45) is 1.66. The van der Waals surface area contributed by atoms with Gasteiger partial charge in [0.25, 0.3) is 11.8 Å². The van der Waals surface area contributed by atoms with E-state index in [0.717, 1.165) is 5.39 Å². The third-order valence-electron chi connectivity index (χ3n) is 3.99. The van der Waals surface area contributed by atoms with Crippen molar-refractivity contribution in [2.24, 2.45) is 0 Å². The summed E-state index contributed by atoms with van der Waals surface area (Å²) in [7, 11) is 0. The van der Waals surface area contributed by atoms with Crippen molar-refractivity contribution in [3.63, 3.8) is 0 Å². The summed E-state index contributed by atoms with van der Waals surface area (Å²) in [5.41, 5.74) is 3.70. The SMILES string of the molecule is CC(C)(C)N(NC(=O)c1ccccc1)C(=O)c1cccc2cccnc12. The highest BCUT2D eigenvalue weighted by Gasteiger charge is 2.30. The van der Waals surface area contributed by atoms with Gasteiger partial charge in [-0.25, -0.2) is 5.01 Å². The fourth-order valence-corrected chi connectivity index (χ4v) is 2.68. The van der Waals surface area contributed by atoms with E-state index in [1.807, 2.05) is 51.1 Å². The maximum absolute atomic E-state index is 13.2. The zero-order valence-corrected chi connectivity index (χ0v) is 15.1. The van der Waals surface area contributed by atoms with Crippen LogP contribution in [0, 0.1) is 0 Å². The molecule has 1 aromatic heterocycles. The number of benzene rings is 2. The number of para-hydroxylation sites is 1. The molecule has 0 spiro atoms. The summed E-state index contributed by atoms with van der Waals surface area (Å²) in [6, 6.07) is 18.0. The molecule has 3 aromatic rings. The molecule has 0 bridgehead atoms. The van der Waals surface area contributed by atoms with Gasteiger partial charge in [-0.15, -0.1) is 0 Å². The van der Waals surface area contributed by atoms with Gasteiger partial charge in [-0.1, -0.05) is 36.4 Å². The number of hydrogen-bond donors (Lipinski definition) is 1. The Labute approximate surface area is 152 Å².